The molecule has 0 saturated carbocycles. The third-order valence-corrected chi connectivity index (χ3v) is 3.53. The summed E-state index contributed by atoms with van der Waals surface area (Å²) in [6.07, 6.45) is 0.777. The van der Waals surface area contributed by atoms with Crippen molar-refractivity contribution >= 4 is 12.0 Å². The minimum atomic E-state index is -0.802. The smallest absolute Gasteiger partial charge is 0.419 e. The lowest BCUT2D eigenvalue weighted by molar-refractivity contribution is -0.123. The molecule has 128 valence electrons. The number of hydrogen-bond donors (Lipinski definition) is 2. The van der Waals surface area contributed by atoms with Crippen LogP contribution in [0.3, 0.4) is 0 Å². The maximum absolute atomic E-state index is 12.4. The SMILES string of the molecule is CC(N[C@H](C(=O)NC(=O)Oc1ccccc1)C(C)C)c1ccco1. The van der Waals surface area contributed by atoms with Gasteiger partial charge in [0.1, 0.15) is 11.5 Å². The van der Waals surface area contributed by atoms with E-state index in [2.05, 4.69) is 10.6 Å². The van der Waals surface area contributed by atoms with Crippen LogP contribution in [0.25, 0.3) is 0 Å². The number of benzene rings is 1. The first-order valence-corrected chi connectivity index (χ1v) is 7.84. The van der Waals surface area contributed by atoms with Crippen LogP contribution >= 0.6 is 0 Å². The highest BCUT2D eigenvalue weighted by molar-refractivity contribution is 5.95. The molecule has 2 rings (SSSR count). The average molecular weight is 330 g/mol. The molecule has 2 aromatic rings. The molecule has 6 heteroatoms. The molecule has 1 heterocycles. The number of hydrogen-bond acceptors (Lipinski definition) is 5. The molecule has 0 radical (unpaired) electrons. The Balaban J connectivity index is 1.94. The summed E-state index contributed by atoms with van der Waals surface area (Å²) < 4.78 is 10.4. The van der Waals surface area contributed by atoms with Crippen molar-refractivity contribution in [2.75, 3.05) is 0 Å². The second-order valence-corrected chi connectivity index (χ2v) is 5.82. The molecule has 0 fully saturated rings. The van der Waals surface area contributed by atoms with Crippen molar-refractivity contribution in [1.29, 1.82) is 0 Å². The van der Waals surface area contributed by atoms with E-state index in [1.807, 2.05) is 32.9 Å². The lowest BCUT2D eigenvalue weighted by atomic mass is 10.0. The third-order valence-electron chi connectivity index (χ3n) is 3.53. The summed E-state index contributed by atoms with van der Waals surface area (Å²) in [6, 6.07) is 11.5. The van der Waals surface area contributed by atoms with Crippen molar-refractivity contribution in [3.8, 4) is 5.75 Å². The number of nitrogens with one attached hydrogen (secondary N) is 2. The fraction of sp³-hybridized carbons (Fsp3) is 0.333. The van der Waals surface area contributed by atoms with Crippen molar-refractivity contribution in [2.24, 2.45) is 5.92 Å². The van der Waals surface area contributed by atoms with E-state index in [0.717, 1.165) is 5.76 Å². The molecular weight excluding hydrogens is 308 g/mol. The molecule has 2 atom stereocenters. The number of ether oxygens (including phenoxy) is 1. The molecule has 1 aromatic carbocycles. The van der Waals surface area contributed by atoms with Crippen LogP contribution in [-0.4, -0.2) is 18.0 Å². The van der Waals surface area contributed by atoms with Crippen LogP contribution in [0.2, 0.25) is 0 Å². The molecule has 2 N–H and O–H groups in total. The first kappa shape index (κ1) is 17.7. The number of para-hydroxylation sites is 1. The topological polar surface area (TPSA) is 80.6 Å². The van der Waals surface area contributed by atoms with E-state index in [1.165, 1.54) is 0 Å². The van der Waals surface area contributed by atoms with Crippen molar-refractivity contribution in [3.05, 3.63) is 54.5 Å². The van der Waals surface area contributed by atoms with Gasteiger partial charge in [-0.3, -0.25) is 15.4 Å². The van der Waals surface area contributed by atoms with E-state index < -0.39 is 18.0 Å². The van der Waals surface area contributed by atoms with Crippen LogP contribution in [-0.2, 0) is 4.79 Å². The second kappa shape index (κ2) is 8.31. The van der Waals surface area contributed by atoms with Crippen molar-refractivity contribution in [3.63, 3.8) is 0 Å². The van der Waals surface area contributed by atoms with Crippen LogP contribution in [0.15, 0.2) is 53.1 Å². The number of carbonyl (C=O) groups excluding carboxylic acids is 2. The predicted octanol–water partition coefficient (Wildman–Crippen LogP) is 3.27. The summed E-state index contributed by atoms with van der Waals surface area (Å²) in [5.74, 6) is 0.636. The number of furan rings is 1. The molecule has 24 heavy (non-hydrogen) atoms. The number of amides is 2. The quantitative estimate of drug-likeness (QED) is 0.849. The Morgan fingerprint density at radius 1 is 1.04 bits per heavy atom. The number of imide groups is 1. The summed E-state index contributed by atoms with van der Waals surface area (Å²) >= 11 is 0. The molecule has 0 spiro atoms. The van der Waals surface area contributed by atoms with Crippen LogP contribution in [0, 0.1) is 5.92 Å². The van der Waals surface area contributed by atoms with Gasteiger partial charge in [0.15, 0.2) is 0 Å². The largest absolute Gasteiger partial charge is 0.468 e. The maximum atomic E-state index is 12.4. The molecular formula is C18H22N2O4. The number of rotatable bonds is 6. The van der Waals surface area contributed by atoms with Gasteiger partial charge in [-0.05, 0) is 37.1 Å². The highest BCUT2D eigenvalue weighted by Gasteiger charge is 2.26. The van der Waals surface area contributed by atoms with Gasteiger partial charge in [0.25, 0.3) is 0 Å². The van der Waals surface area contributed by atoms with Crippen LogP contribution < -0.4 is 15.4 Å². The minimum absolute atomic E-state index is 0.0214. The summed E-state index contributed by atoms with van der Waals surface area (Å²) in [7, 11) is 0. The standard InChI is InChI=1S/C18H22N2O4/c1-12(2)16(19-13(3)15-10-7-11-23-15)17(21)20-18(22)24-14-8-5-4-6-9-14/h4-13,16,19H,1-3H3,(H,20,21,22)/t13?,16-/m0/s1. The van der Waals surface area contributed by atoms with Gasteiger partial charge in [-0.2, -0.15) is 0 Å². The Labute approximate surface area is 141 Å². The van der Waals surface area contributed by atoms with Crippen molar-refractivity contribution in [1.82, 2.24) is 10.6 Å². The predicted molar refractivity (Wildman–Crippen MR) is 89.5 cm³/mol. The van der Waals surface area contributed by atoms with Gasteiger partial charge in [0.05, 0.1) is 18.3 Å². The Hall–Kier alpha value is -2.60. The molecule has 0 saturated heterocycles. The molecule has 0 bridgehead atoms. The summed E-state index contributed by atoms with van der Waals surface area (Å²) in [6.45, 7) is 5.69. The maximum Gasteiger partial charge on any atom is 0.419 e. The highest BCUT2D eigenvalue weighted by Crippen LogP contribution is 2.15. The fourth-order valence-electron chi connectivity index (χ4n) is 2.26. The van der Waals surface area contributed by atoms with Gasteiger partial charge in [0, 0.05) is 0 Å². The normalized spacial score (nSPS) is 13.3. The zero-order valence-electron chi connectivity index (χ0n) is 14.0. The summed E-state index contributed by atoms with van der Waals surface area (Å²) in [5, 5.41) is 5.44. The van der Waals surface area contributed by atoms with Gasteiger partial charge in [0.2, 0.25) is 5.91 Å². The van der Waals surface area contributed by atoms with Gasteiger partial charge in [-0.15, -0.1) is 0 Å². The Morgan fingerprint density at radius 2 is 1.75 bits per heavy atom. The lowest BCUT2D eigenvalue weighted by Crippen LogP contribution is -2.50. The van der Waals surface area contributed by atoms with Crippen LogP contribution in [0.1, 0.15) is 32.6 Å². The molecule has 2 amide bonds. The van der Waals surface area contributed by atoms with E-state index in [-0.39, 0.29) is 12.0 Å². The molecule has 0 aliphatic heterocycles. The monoisotopic (exact) mass is 330 g/mol. The fourth-order valence-corrected chi connectivity index (χ4v) is 2.26. The Bertz CT molecular complexity index is 653. The van der Waals surface area contributed by atoms with Crippen LogP contribution in [0.5, 0.6) is 5.75 Å². The molecule has 6 nitrogen and oxygen atoms in total. The van der Waals surface area contributed by atoms with E-state index >= 15 is 0 Å². The van der Waals surface area contributed by atoms with E-state index in [4.69, 9.17) is 9.15 Å². The van der Waals surface area contributed by atoms with Gasteiger partial charge in [-0.1, -0.05) is 32.0 Å². The van der Waals surface area contributed by atoms with Gasteiger partial charge >= 0.3 is 6.09 Å². The van der Waals surface area contributed by atoms with Gasteiger partial charge < -0.3 is 9.15 Å². The van der Waals surface area contributed by atoms with E-state index in [0.29, 0.717) is 5.75 Å². The van der Waals surface area contributed by atoms with Crippen molar-refractivity contribution in [2.45, 2.75) is 32.9 Å². The minimum Gasteiger partial charge on any atom is -0.468 e. The average Bonchev–Trinajstić information content (AvgIpc) is 3.07. The highest BCUT2D eigenvalue weighted by atomic mass is 16.6. The lowest BCUT2D eigenvalue weighted by Gasteiger charge is -2.24. The Morgan fingerprint density at radius 3 is 2.33 bits per heavy atom. The summed E-state index contributed by atoms with van der Waals surface area (Å²) in [5.41, 5.74) is 0. The van der Waals surface area contributed by atoms with Crippen LogP contribution in [0.4, 0.5) is 4.79 Å². The van der Waals surface area contributed by atoms with E-state index in [9.17, 15) is 9.59 Å². The third kappa shape index (κ3) is 4.96. The zero-order chi connectivity index (χ0) is 17.5. The Kier molecular flexibility index (Phi) is 6.14. The first-order chi connectivity index (χ1) is 11.5. The van der Waals surface area contributed by atoms with Gasteiger partial charge in [-0.25, -0.2) is 4.79 Å². The molecule has 0 aliphatic rings. The molecule has 1 aromatic heterocycles. The second-order valence-electron chi connectivity index (χ2n) is 5.82. The first-order valence-electron chi connectivity index (χ1n) is 7.84. The summed E-state index contributed by atoms with van der Waals surface area (Å²) in [4.78, 5) is 24.2. The van der Waals surface area contributed by atoms with E-state index in [1.54, 1.807) is 36.6 Å². The molecule has 0 aliphatic carbocycles. The van der Waals surface area contributed by atoms with Crippen molar-refractivity contribution < 1.29 is 18.7 Å². The molecule has 1 unspecified atom stereocenters. The number of carbonyl (C=O) groups is 2. The zero-order valence-corrected chi connectivity index (χ0v) is 14.0.